The zero-order valence-corrected chi connectivity index (χ0v) is 17.7. The minimum atomic E-state index is 0.00898. The largest absolute Gasteiger partial charge is 0.495 e. The number of amides is 1. The summed E-state index contributed by atoms with van der Waals surface area (Å²) in [7, 11) is 1.69. The number of aromatic nitrogens is 3. The quantitative estimate of drug-likeness (QED) is 0.645. The third-order valence-electron chi connectivity index (χ3n) is 6.24. The van der Waals surface area contributed by atoms with Crippen molar-refractivity contribution in [2.24, 2.45) is 0 Å². The second-order valence-electron chi connectivity index (χ2n) is 8.01. The Morgan fingerprint density at radius 1 is 1.10 bits per heavy atom. The lowest BCUT2D eigenvalue weighted by molar-refractivity contribution is 0.0704. The average molecular weight is 422 g/mol. The van der Waals surface area contributed by atoms with Gasteiger partial charge in [0.15, 0.2) is 5.65 Å². The third kappa shape index (κ3) is 3.83. The van der Waals surface area contributed by atoms with Crippen molar-refractivity contribution in [2.45, 2.75) is 18.9 Å². The molecular formula is C23H27N5O3. The Hall–Kier alpha value is -3.13. The van der Waals surface area contributed by atoms with Crippen LogP contribution in [0.25, 0.3) is 11.2 Å². The van der Waals surface area contributed by atoms with E-state index in [0.717, 1.165) is 61.7 Å². The van der Waals surface area contributed by atoms with E-state index in [-0.39, 0.29) is 5.91 Å². The topological polar surface area (TPSA) is 72.7 Å². The summed E-state index contributed by atoms with van der Waals surface area (Å²) in [5.74, 6) is 0.867. The van der Waals surface area contributed by atoms with Crippen molar-refractivity contribution < 1.29 is 14.3 Å². The van der Waals surface area contributed by atoms with Gasteiger partial charge in [-0.1, -0.05) is 12.1 Å². The molecule has 4 heterocycles. The molecular weight excluding hydrogens is 394 g/mol. The lowest BCUT2D eigenvalue weighted by atomic mass is 10.1. The summed E-state index contributed by atoms with van der Waals surface area (Å²) in [4.78, 5) is 26.4. The molecule has 2 saturated heterocycles. The van der Waals surface area contributed by atoms with E-state index in [0.29, 0.717) is 24.7 Å². The molecule has 8 heteroatoms. The fourth-order valence-corrected chi connectivity index (χ4v) is 4.49. The predicted molar refractivity (Wildman–Crippen MR) is 118 cm³/mol. The van der Waals surface area contributed by atoms with E-state index in [4.69, 9.17) is 9.47 Å². The summed E-state index contributed by atoms with van der Waals surface area (Å²) in [6, 6.07) is 10.2. The van der Waals surface area contributed by atoms with Gasteiger partial charge in [-0.25, -0.2) is 9.97 Å². The van der Waals surface area contributed by atoms with Gasteiger partial charge in [0.25, 0.3) is 5.91 Å². The smallest absolute Gasteiger partial charge is 0.255 e. The number of carbonyl (C=O) groups excluding carboxylic acids is 1. The molecule has 0 atom stereocenters. The van der Waals surface area contributed by atoms with Gasteiger partial charge >= 0.3 is 0 Å². The van der Waals surface area contributed by atoms with Crippen molar-refractivity contribution in [1.29, 1.82) is 0 Å². The Bertz CT molecular complexity index is 1070. The van der Waals surface area contributed by atoms with Crippen LogP contribution in [0.2, 0.25) is 0 Å². The molecule has 0 saturated carbocycles. The van der Waals surface area contributed by atoms with Crippen LogP contribution in [0.3, 0.4) is 0 Å². The molecule has 3 aromatic rings. The second-order valence-corrected chi connectivity index (χ2v) is 8.01. The molecule has 0 bridgehead atoms. The summed E-state index contributed by atoms with van der Waals surface area (Å²) in [5, 5.41) is 0. The number of nitrogens with zero attached hydrogens (tertiary/aromatic N) is 5. The summed E-state index contributed by atoms with van der Waals surface area (Å²) in [6.07, 6.45) is 5.46. The van der Waals surface area contributed by atoms with Crippen molar-refractivity contribution in [3.63, 3.8) is 0 Å². The highest BCUT2D eigenvalue weighted by Crippen LogP contribution is 2.29. The van der Waals surface area contributed by atoms with Crippen molar-refractivity contribution >= 4 is 22.8 Å². The van der Waals surface area contributed by atoms with Crippen LogP contribution in [0.5, 0.6) is 5.75 Å². The average Bonchev–Trinajstić information content (AvgIpc) is 3.27. The van der Waals surface area contributed by atoms with Crippen LogP contribution in [0.1, 0.15) is 29.2 Å². The van der Waals surface area contributed by atoms with Crippen molar-refractivity contribution in [2.75, 3.05) is 51.4 Å². The van der Waals surface area contributed by atoms with E-state index in [2.05, 4.69) is 25.5 Å². The fourth-order valence-electron chi connectivity index (χ4n) is 4.49. The molecule has 2 aliphatic rings. The third-order valence-corrected chi connectivity index (χ3v) is 6.24. The number of pyridine rings is 1. The molecule has 0 unspecified atom stereocenters. The maximum atomic E-state index is 13.1. The van der Waals surface area contributed by atoms with E-state index in [1.165, 1.54) is 0 Å². The van der Waals surface area contributed by atoms with Gasteiger partial charge in [0.1, 0.15) is 11.3 Å². The van der Waals surface area contributed by atoms with Crippen molar-refractivity contribution in [1.82, 2.24) is 19.4 Å². The number of hydrogen-bond acceptors (Lipinski definition) is 6. The number of piperazine rings is 1. The molecule has 2 aromatic heterocycles. The Labute approximate surface area is 181 Å². The van der Waals surface area contributed by atoms with Crippen LogP contribution in [0, 0.1) is 0 Å². The molecule has 2 fully saturated rings. The number of fused-ring (bicyclic) bond motifs is 1. The molecule has 0 radical (unpaired) electrons. The maximum Gasteiger partial charge on any atom is 0.255 e. The molecule has 31 heavy (non-hydrogen) atoms. The van der Waals surface area contributed by atoms with Crippen LogP contribution >= 0.6 is 0 Å². The van der Waals surface area contributed by atoms with Gasteiger partial charge in [-0.3, -0.25) is 4.79 Å². The molecule has 2 aliphatic heterocycles. The van der Waals surface area contributed by atoms with E-state index in [1.54, 1.807) is 13.3 Å². The van der Waals surface area contributed by atoms with Gasteiger partial charge in [0, 0.05) is 51.6 Å². The van der Waals surface area contributed by atoms with E-state index >= 15 is 0 Å². The molecule has 0 aliphatic carbocycles. The normalized spacial score (nSPS) is 17.8. The molecule has 5 rings (SSSR count). The summed E-state index contributed by atoms with van der Waals surface area (Å²) < 4.78 is 13.1. The molecule has 1 aromatic carbocycles. The zero-order valence-electron chi connectivity index (χ0n) is 17.7. The molecule has 162 valence electrons. The van der Waals surface area contributed by atoms with Gasteiger partial charge < -0.3 is 23.8 Å². The first-order chi connectivity index (χ1) is 15.2. The standard InChI is InChI=1S/C23H27N5O3/c1-30-21-5-3-2-4-20(21)26-8-10-27(11-9-26)23(29)17-14-19-22(24-15-17)28(16-25-19)18-6-12-31-13-7-18/h2-5,14-16,18H,6-13H2,1H3. The van der Waals surface area contributed by atoms with Crippen LogP contribution in [-0.4, -0.2) is 71.8 Å². The fraction of sp³-hybridized carbons (Fsp3) is 0.435. The number of ether oxygens (including phenoxy) is 2. The molecule has 8 nitrogen and oxygen atoms in total. The lowest BCUT2D eigenvalue weighted by Gasteiger charge is -2.36. The Kier molecular flexibility index (Phi) is 5.46. The number of benzene rings is 1. The van der Waals surface area contributed by atoms with E-state index in [9.17, 15) is 4.79 Å². The van der Waals surface area contributed by atoms with Crippen molar-refractivity contribution in [3.8, 4) is 5.75 Å². The number of methoxy groups -OCH3 is 1. The Morgan fingerprint density at radius 3 is 2.65 bits per heavy atom. The lowest BCUT2D eigenvalue weighted by Crippen LogP contribution is -2.48. The minimum Gasteiger partial charge on any atom is -0.495 e. The van der Waals surface area contributed by atoms with Crippen LogP contribution < -0.4 is 9.64 Å². The van der Waals surface area contributed by atoms with Gasteiger partial charge in [-0.15, -0.1) is 0 Å². The van der Waals surface area contributed by atoms with Gasteiger partial charge in [0.05, 0.1) is 24.7 Å². The van der Waals surface area contributed by atoms with E-state index < -0.39 is 0 Å². The highest BCUT2D eigenvalue weighted by molar-refractivity contribution is 5.96. The van der Waals surface area contributed by atoms with Crippen LogP contribution in [0.15, 0.2) is 42.9 Å². The first-order valence-corrected chi connectivity index (χ1v) is 10.8. The second kappa shape index (κ2) is 8.55. The number of carbonyl (C=O) groups is 1. The number of hydrogen-bond donors (Lipinski definition) is 0. The monoisotopic (exact) mass is 421 g/mol. The first kappa shape index (κ1) is 19.8. The summed E-state index contributed by atoms with van der Waals surface area (Å²) in [6.45, 7) is 4.38. The predicted octanol–water partition coefficient (Wildman–Crippen LogP) is 2.75. The number of para-hydroxylation sites is 2. The van der Waals surface area contributed by atoms with Crippen LogP contribution in [0.4, 0.5) is 5.69 Å². The minimum absolute atomic E-state index is 0.00898. The van der Waals surface area contributed by atoms with Gasteiger partial charge in [-0.2, -0.15) is 0 Å². The number of rotatable bonds is 4. The highest BCUT2D eigenvalue weighted by Gasteiger charge is 2.25. The van der Waals surface area contributed by atoms with Crippen LogP contribution in [-0.2, 0) is 4.74 Å². The molecule has 1 amide bonds. The van der Waals surface area contributed by atoms with Crippen molar-refractivity contribution in [3.05, 3.63) is 48.4 Å². The molecule has 0 N–H and O–H groups in total. The van der Waals surface area contributed by atoms with E-state index in [1.807, 2.05) is 35.5 Å². The van der Waals surface area contributed by atoms with Gasteiger partial charge in [0.2, 0.25) is 0 Å². The zero-order chi connectivity index (χ0) is 21.2. The Balaban J connectivity index is 1.28. The number of imidazole rings is 1. The first-order valence-electron chi connectivity index (χ1n) is 10.8. The summed E-state index contributed by atoms with van der Waals surface area (Å²) in [5.41, 5.74) is 3.27. The van der Waals surface area contributed by atoms with Gasteiger partial charge in [-0.05, 0) is 31.0 Å². The summed E-state index contributed by atoms with van der Waals surface area (Å²) >= 11 is 0. The number of anilines is 1. The maximum absolute atomic E-state index is 13.1. The Morgan fingerprint density at radius 2 is 1.87 bits per heavy atom. The molecule has 0 spiro atoms. The SMILES string of the molecule is COc1ccccc1N1CCN(C(=O)c2cnc3c(c2)ncn3C2CCOCC2)CC1. The highest BCUT2D eigenvalue weighted by atomic mass is 16.5.